The Balaban J connectivity index is 2.44. The molecule has 0 aromatic heterocycles. The molecule has 176 valence electrons. The number of rotatable bonds is 10. The molecule has 0 saturated heterocycles. The van der Waals surface area contributed by atoms with Crippen molar-refractivity contribution in [1.29, 1.82) is 0 Å². The fourth-order valence-electron chi connectivity index (χ4n) is 3.69. The van der Waals surface area contributed by atoms with Gasteiger partial charge in [0.25, 0.3) is 15.9 Å². The number of phenolic OH excluding ortho intramolecular Hbond substituents is 1. The summed E-state index contributed by atoms with van der Waals surface area (Å²) in [5.74, 6) is -0.635. The number of aryl methyl sites for hydroxylation is 4. The Morgan fingerprint density at radius 2 is 1.47 bits per heavy atom. The number of sulfonamides is 1. The number of methoxy groups -OCH3 is 2. The van der Waals surface area contributed by atoms with Crippen LogP contribution in [-0.2, 0) is 19.5 Å². The number of anilines is 1. The summed E-state index contributed by atoms with van der Waals surface area (Å²) < 4.78 is 39.0. The van der Waals surface area contributed by atoms with E-state index < -0.39 is 15.9 Å². The van der Waals surface area contributed by atoms with Gasteiger partial charge in [0, 0.05) is 27.3 Å². The van der Waals surface area contributed by atoms with Gasteiger partial charge in [-0.3, -0.25) is 9.52 Å². The third-order valence-corrected chi connectivity index (χ3v) is 6.76. The first-order valence-electron chi connectivity index (χ1n) is 10.2. The van der Waals surface area contributed by atoms with Crippen LogP contribution >= 0.6 is 0 Å². The summed E-state index contributed by atoms with van der Waals surface area (Å²) in [6.45, 7) is 8.24. The van der Waals surface area contributed by atoms with Gasteiger partial charge in [0.2, 0.25) is 0 Å². The van der Waals surface area contributed by atoms with Crippen molar-refractivity contribution >= 4 is 21.6 Å². The van der Waals surface area contributed by atoms with Crippen molar-refractivity contribution in [2.45, 2.75) is 32.6 Å². The van der Waals surface area contributed by atoms with Gasteiger partial charge in [0.1, 0.15) is 5.75 Å². The number of nitrogens with one attached hydrogen (secondary N) is 1. The van der Waals surface area contributed by atoms with Gasteiger partial charge in [0.05, 0.1) is 29.4 Å². The van der Waals surface area contributed by atoms with Gasteiger partial charge in [-0.2, -0.15) is 0 Å². The van der Waals surface area contributed by atoms with Crippen molar-refractivity contribution in [3.8, 4) is 5.75 Å². The molecule has 0 radical (unpaired) electrons. The number of nitrogens with zero attached hydrogens (tertiary/aromatic N) is 1. The molecule has 0 spiro atoms. The largest absolute Gasteiger partial charge is 0.507 e. The number of hydrogen-bond acceptors (Lipinski definition) is 6. The Morgan fingerprint density at radius 3 is 1.97 bits per heavy atom. The van der Waals surface area contributed by atoms with Gasteiger partial charge >= 0.3 is 0 Å². The Hall–Kier alpha value is -2.62. The Bertz CT molecular complexity index is 1050. The van der Waals surface area contributed by atoms with Gasteiger partial charge in [-0.05, 0) is 56.5 Å². The number of aromatic hydroxyl groups is 1. The van der Waals surface area contributed by atoms with Crippen LogP contribution in [0.3, 0.4) is 0 Å². The summed E-state index contributed by atoms with van der Waals surface area (Å²) in [7, 11) is -0.843. The molecule has 0 aliphatic carbocycles. The number of phenols is 1. The first-order chi connectivity index (χ1) is 15.0. The lowest BCUT2D eigenvalue weighted by atomic mass is 10.1. The Morgan fingerprint density at radius 1 is 0.938 bits per heavy atom. The molecular weight excluding hydrogens is 432 g/mol. The molecule has 8 nitrogen and oxygen atoms in total. The average molecular weight is 465 g/mol. The maximum atomic E-state index is 13.1. The summed E-state index contributed by atoms with van der Waals surface area (Å²) >= 11 is 0. The molecule has 0 aliphatic rings. The van der Waals surface area contributed by atoms with Crippen LogP contribution < -0.4 is 4.72 Å². The summed E-state index contributed by atoms with van der Waals surface area (Å²) in [4.78, 5) is 14.8. The fraction of sp³-hybridized carbons (Fsp3) is 0.435. The van der Waals surface area contributed by atoms with E-state index in [9.17, 15) is 18.3 Å². The molecule has 0 bridgehead atoms. The average Bonchev–Trinajstić information content (AvgIpc) is 2.68. The van der Waals surface area contributed by atoms with E-state index in [-0.39, 0.29) is 21.9 Å². The molecule has 0 aliphatic heterocycles. The highest BCUT2D eigenvalue weighted by Crippen LogP contribution is 2.30. The van der Waals surface area contributed by atoms with E-state index in [1.807, 2.05) is 19.1 Å². The molecule has 2 rings (SSSR count). The minimum atomic E-state index is -3.91. The smallest absolute Gasteiger partial charge is 0.262 e. The number of carbonyl (C=O) groups excluding carboxylic acids is 1. The van der Waals surface area contributed by atoms with E-state index >= 15 is 0 Å². The van der Waals surface area contributed by atoms with E-state index in [0.29, 0.717) is 43.0 Å². The summed E-state index contributed by atoms with van der Waals surface area (Å²) in [5.41, 5.74) is 2.82. The lowest BCUT2D eigenvalue weighted by Crippen LogP contribution is -2.36. The first kappa shape index (κ1) is 25.6. The van der Waals surface area contributed by atoms with E-state index in [4.69, 9.17) is 9.47 Å². The van der Waals surface area contributed by atoms with Crippen LogP contribution in [0, 0.1) is 27.7 Å². The lowest BCUT2D eigenvalue weighted by Gasteiger charge is -2.23. The summed E-state index contributed by atoms with van der Waals surface area (Å²) in [6.07, 6.45) is 0. The van der Waals surface area contributed by atoms with Crippen LogP contribution in [0.15, 0.2) is 29.2 Å². The quantitative estimate of drug-likeness (QED) is 0.524. The number of carbonyl (C=O) groups is 1. The van der Waals surface area contributed by atoms with Crippen molar-refractivity contribution in [2.75, 3.05) is 45.2 Å². The highest BCUT2D eigenvalue weighted by Gasteiger charge is 2.24. The van der Waals surface area contributed by atoms with Crippen molar-refractivity contribution < 1.29 is 27.8 Å². The summed E-state index contributed by atoms with van der Waals surface area (Å²) in [5, 5.41) is 10.5. The molecular formula is C23H32N2O6S. The number of hydrogen-bond donors (Lipinski definition) is 2. The normalized spacial score (nSPS) is 11.4. The lowest BCUT2D eigenvalue weighted by molar-refractivity contribution is 0.0624. The molecule has 0 saturated carbocycles. The van der Waals surface area contributed by atoms with Crippen molar-refractivity contribution in [1.82, 2.24) is 4.90 Å². The zero-order valence-corrected chi connectivity index (χ0v) is 20.3. The number of amides is 1. The Labute approximate surface area is 190 Å². The highest BCUT2D eigenvalue weighted by atomic mass is 32.2. The van der Waals surface area contributed by atoms with Gasteiger partial charge in [0.15, 0.2) is 0 Å². The van der Waals surface area contributed by atoms with E-state index in [1.54, 1.807) is 20.8 Å². The predicted octanol–water partition coefficient (Wildman–Crippen LogP) is 3.16. The van der Waals surface area contributed by atoms with Crippen molar-refractivity contribution in [3.05, 3.63) is 52.1 Å². The van der Waals surface area contributed by atoms with Crippen molar-refractivity contribution in [2.24, 2.45) is 0 Å². The molecule has 2 aromatic carbocycles. The second-order valence-electron chi connectivity index (χ2n) is 7.80. The molecule has 9 heteroatoms. The maximum absolute atomic E-state index is 13.1. The topological polar surface area (TPSA) is 105 Å². The zero-order valence-electron chi connectivity index (χ0n) is 19.5. The molecule has 2 N–H and O–H groups in total. The second-order valence-corrected chi connectivity index (χ2v) is 9.42. The third-order valence-electron chi connectivity index (χ3n) is 5.07. The minimum Gasteiger partial charge on any atom is -0.507 e. The fourth-order valence-corrected chi connectivity index (χ4v) is 5.18. The predicted molar refractivity (Wildman–Crippen MR) is 124 cm³/mol. The van der Waals surface area contributed by atoms with Gasteiger partial charge in [-0.25, -0.2) is 8.42 Å². The minimum absolute atomic E-state index is 0.00672. The van der Waals surface area contributed by atoms with Gasteiger partial charge in [-0.1, -0.05) is 17.7 Å². The van der Waals surface area contributed by atoms with Crippen LogP contribution in [-0.4, -0.2) is 64.9 Å². The number of benzene rings is 2. The highest BCUT2D eigenvalue weighted by molar-refractivity contribution is 7.92. The van der Waals surface area contributed by atoms with E-state index in [1.165, 1.54) is 31.3 Å². The standard InChI is InChI=1S/C23H32N2O6S/c1-15-11-17(3)22(18(4)12-15)32(28,29)24-19-13-16(2)21(26)20(14-19)23(27)25(7-9-30-5)8-10-31-6/h11-14,24,26H,7-10H2,1-6H3. The molecule has 32 heavy (non-hydrogen) atoms. The molecule has 0 atom stereocenters. The van der Waals surface area contributed by atoms with Crippen LogP contribution in [0.25, 0.3) is 0 Å². The van der Waals surface area contributed by atoms with Gasteiger partial charge in [-0.15, -0.1) is 0 Å². The van der Waals surface area contributed by atoms with E-state index in [2.05, 4.69) is 4.72 Å². The van der Waals surface area contributed by atoms with Gasteiger partial charge < -0.3 is 19.5 Å². The SMILES string of the molecule is COCCN(CCOC)C(=O)c1cc(NS(=O)(=O)c2c(C)cc(C)cc2C)cc(C)c1O. The van der Waals surface area contributed by atoms with Crippen LogP contribution in [0.2, 0.25) is 0 Å². The van der Waals surface area contributed by atoms with E-state index in [0.717, 1.165) is 5.56 Å². The summed E-state index contributed by atoms with van der Waals surface area (Å²) in [6, 6.07) is 6.47. The maximum Gasteiger partial charge on any atom is 0.262 e. The number of ether oxygens (including phenoxy) is 2. The van der Waals surface area contributed by atoms with Crippen LogP contribution in [0.5, 0.6) is 5.75 Å². The molecule has 0 heterocycles. The monoisotopic (exact) mass is 464 g/mol. The Kier molecular flexibility index (Phi) is 8.65. The van der Waals surface area contributed by atoms with Crippen LogP contribution in [0.1, 0.15) is 32.6 Å². The molecule has 0 fully saturated rings. The second kappa shape index (κ2) is 10.8. The zero-order chi connectivity index (χ0) is 24.1. The molecule has 0 unspecified atom stereocenters. The third kappa shape index (κ3) is 5.99. The van der Waals surface area contributed by atoms with Crippen molar-refractivity contribution in [3.63, 3.8) is 0 Å². The van der Waals surface area contributed by atoms with Crippen LogP contribution in [0.4, 0.5) is 5.69 Å². The molecule has 1 amide bonds. The first-order valence-corrected chi connectivity index (χ1v) is 11.7. The molecule has 2 aromatic rings.